The van der Waals surface area contributed by atoms with Crippen molar-refractivity contribution in [3.8, 4) is 22.5 Å². The third-order valence-electron chi connectivity index (χ3n) is 5.70. The van der Waals surface area contributed by atoms with Crippen LogP contribution in [-0.2, 0) is 0 Å². The summed E-state index contributed by atoms with van der Waals surface area (Å²) in [4.78, 5) is 9.01. The number of furan rings is 1. The maximum absolute atomic E-state index is 10.4. The van der Waals surface area contributed by atoms with Crippen LogP contribution < -0.4 is 5.32 Å². The number of hydrogen-bond acceptors (Lipinski definition) is 5. The molecule has 0 aromatic carbocycles. The summed E-state index contributed by atoms with van der Waals surface area (Å²) in [7, 11) is 0. The van der Waals surface area contributed by atoms with Gasteiger partial charge < -0.3 is 14.8 Å². The normalized spacial score (nSPS) is 22.1. The second-order valence-corrected chi connectivity index (χ2v) is 8.17. The van der Waals surface area contributed by atoms with Crippen LogP contribution in [0.25, 0.3) is 28.2 Å². The Kier molecular flexibility index (Phi) is 4.36. The predicted octanol–water partition coefficient (Wildman–Crippen LogP) is 4.76. The minimum atomic E-state index is -0.583. The quantitative estimate of drug-likeness (QED) is 0.527. The Morgan fingerprint density at radius 2 is 2.14 bits per heavy atom. The number of pyridine rings is 2. The van der Waals surface area contributed by atoms with Crippen molar-refractivity contribution in [2.75, 3.05) is 5.32 Å². The van der Waals surface area contributed by atoms with E-state index in [1.165, 1.54) is 0 Å². The highest BCUT2D eigenvalue weighted by atomic mass is 16.3. The first-order valence-corrected chi connectivity index (χ1v) is 10.0. The molecule has 6 heteroatoms. The lowest BCUT2D eigenvalue weighted by molar-refractivity contribution is 0.0182. The summed E-state index contributed by atoms with van der Waals surface area (Å²) in [5.74, 6) is 0. The Balaban J connectivity index is 1.47. The molecule has 0 unspecified atom stereocenters. The van der Waals surface area contributed by atoms with Crippen molar-refractivity contribution < 1.29 is 9.52 Å². The molecule has 4 heterocycles. The maximum atomic E-state index is 10.4. The van der Waals surface area contributed by atoms with Crippen LogP contribution in [-0.4, -0.2) is 31.1 Å². The molecule has 1 fully saturated rings. The summed E-state index contributed by atoms with van der Waals surface area (Å²) in [6.45, 7) is 1.93. The second-order valence-electron chi connectivity index (χ2n) is 8.17. The van der Waals surface area contributed by atoms with Gasteiger partial charge in [0, 0.05) is 29.6 Å². The number of fused-ring (bicyclic) bond motifs is 1. The predicted molar refractivity (Wildman–Crippen MR) is 113 cm³/mol. The molecule has 0 spiro atoms. The molecule has 6 nitrogen and oxygen atoms in total. The van der Waals surface area contributed by atoms with E-state index in [0.29, 0.717) is 0 Å². The van der Waals surface area contributed by atoms with Crippen LogP contribution in [0.2, 0.25) is 0 Å². The molecule has 0 radical (unpaired) electrons. The molecule has 4 aromatic heterocycles. The lowest BCUT2D eigenvalue weighted by Gasteiger charge is -2.34. The molecule has 0 bridgehead atoms. The van der Waals surface area contributed by atoms with Gasteiger partial charge in [-0.1, -0.05) is 0 Å². The van der Waals surface area contributed by atoms with Crippen molar-refractivity contribution in [2.24, 2.45) is 0 Å². The topological polar surface area (TPSA) is 75.6 Å². The van der Waals surface area contributed by atoms with E-state index in [9.17, 15) is 5.11 Å². The number of nitrogens with one attached hydrogen (secondary N) is 1. The van der Waals surface area contributed by atoms with Gasteiger partial charge in [0.05, 0.1) is 41.4 Å². The first kappa shape index (κ1) is 17.9. The smallest absolute Gasteiger partial charge is 0.137 e. The van der Waals surface area contributed by atoms with E-state index in [1.807, 2.05) is 43.6 Å². The number of rotatable bonds is 4. The first-order chi connectivity index (χ1) is 14.1. The summed E-state index contributed by atoms with van der Waals surface area (Å²) in [5, 5.41) is 14.0. The number of nitrogens with zero attached hydrogens (tertiary/aromatic N) is 3. The molecule has 2 atom stereocenters. The van der Waals surface area contributed by atoms with Crippen LogP contribution in [0, 0.1) is 0 Å². The number of aliphatic hydroxyl groups is 1. The van der Waals surface area contributed by atoms with Gasteiger partial charge in [-0.15, -0.1) is 0 Å². The fourth-order valence-corrected chi connectivity index (χ4v) is 4.26. The Morgan fingerprint density at radius 3 is 2.97 bits per heavy atom. The van der Waals surface area contributed by atoms with Gasteiger partial charge in [0.25, 0.3) is 0 Å². The molecule has 2 N–H and O–H groups in total. The summed E-state index contributed by atoms with van der Waals surface area (Å²) < 4.78 is 7.28. The molecule has 1 saturated carbocycles. The number of anilines is 1. The average molecular weight is 388 g/mol. The molecule has 0 saturated heterocycles. The SMILES string of the molecule is C[C@]1(O)CCC[C@H](Nc2ccc3ncc(-c4ccnc(-c5ccoc5)c4)n3c2)C1. The minimum absolute atomic E-state index is 0.275. The van der Waals surface area contributed by atoms with Crippen molar-refractivity contribution in [1.82, 2.24) is 14.4 Å². The van der Waals surface area contributed by atoms with E-state index >= 15 is 0 Å². The van der Waals surface area contributed by atoms with Gasteiger partial charge in [-0.3, -0.25) is 9.38 Å². The van der Waals surface area contributed by atoms with Crippen LogP contribution in [0.5, 0.6) is 0 Å². The van der Waals surface area contributed by atoms with E-state index < -0.39 is 5.60 Å². The van der Waals surface area contributed by atoms with Gasteiger partial charge in [0.2, 0.25) is 0 Å². The molecule has 4 aromatic rings. The fraction of sp³-hybridized carbons (Fsp3) is 0.304. The van der Waals surface area contributed by atoms with E-state index in [2.05, 4.69) is 31.9 Å². The second kappa shape index (κ2) is 7.04. The van der Waals surface area contributed by atoms with Gasteiger partial charge in [0.1, 0.15) is 5.65 Å². The summed E-state index contributed by atoms with van der Waals surface area (Å²) >= 11 is 0. The maximum Gasteiger partial charge on any atom is 0.137 e. The van der Waals surface area contributed by atoms with E-state index in [0.717, 1.165) is 59.5 Å². The van der Waals surface area contributed by atoms with Crippen LogP contribution in [0.3, 0.4) is 0 Å². The van der Waals surface area contributed by atoms with Crippen LogP contribution in [0.1, 0.15) is 32.6 Å². The zero-order valence-corrected chi connectivity index (χ0v) is 16.4. The fourth-order valence-electron chi connectivity index (χ4n) is 4.26. The Morgan fingerprint density at radius 1 is 1.21 bits per heavy atom. The van der Waals surface area contributed by atoms with E-state index in [4.69, 9.17) is 4.42 Å². The van der Waals surface area contributed by atoms with Gasteiger partial charge in [-0.2, -0.15) is 0 Å². The molecule has 148 valence electrons. The number of aromatic nitrogens is 3. The van der Waals surface area contributed by atoms with Crippen molar-refractivity contribution in [1.29, 1.82) is 0 Å². The highest BCUT2D eigenvalue weighted by Gasteiger charge is 2.29. The molecular formula is C23H24N4O2. The molecule has 1 aliphatic carbocycles. The summed E-state index contributed by atoms with van der Waals surface area (Å²) in [6, 6.07) is 10.3. The first-order valence-electron chi connectivity index (χ1n) is 10.0. The zero-order chi connectivity index (χ0) is 19.8. The van der Waals surface area contributed by atoms with Crippen molar-refractivity contribution in [3.05, 3.63) is 61.4 Å². The molecule has 29 heavy (non-hydrogen) atoms. The highest BCUT2D eigenvalue weighted by Crippen LogP contribution is 2.31. The minimum Gasteiger partial charge on any atom is -0.472 e. The molecule has 0 aliphatic heterocycles. The van der Waals surface area contributed by atoms with Crippen molar-refractivity contribution in [3.63, 3.8) is 0 Å². The van der Waals surface area contributed by atoms with E-state index in [1.54, 1.807) is 12.5 Å². The van der Waals surface area contributed by atoms with Gasteiger partial charge in [0.15, 0.2) is 0 Å². The largest absolute Gasteiger partial charge is 0.472 e. The summed E-state index contributed by atoms with van der Waals surface area (Å²) in [5.41, 5.74) is 5.21. The average Bonchev–Trinajstić information content (AvgIpc) is 3.37. The Hall–Kier alpha value is -3.12. The van der Waals surface area contributed by atoms with Crippen LogP contribution in [0.4, 0.5) is 5.69 Å². The molecular weight excluding hydrogens is 364 g/mol. The van der Waals surface area contributed by atoms with Crippen LogP contribution in [0.15, 0.2) is 65.9 Å². The zero-order valence-electron chi connectivity index (χ0n) is 16.4. The van der Waals surface area contributed by atoms with E-state index in [-0.39, 0.29) is 6.04 Å². The number of hydrogen-bond donors (Lipinski definition) is 2. The lowest BCUT2D eigenvalue weighted by Crippen LogP contribution is -2.38. The Labute approximate surface area is 169 Å². The van der Waals surface area contributed by atoms with Gasteiger partial charge >= 0.3 is 0 Å². The van der Waals surface area contributed by atoms with Crippen molar-refractivity contribution in [2.45, 2.75) is 44.2 Å². The monoisotopic (exact) mass is 388 g/mol. The standard InChI is InChI=1S/C23H24N4O2/c1-23(28)8-2-3-18(12-23)26-19-4-5-22-25-13-21(27(22)14-19)16-6-9-24-20(11-16)17-7-10-29-15-17/h4-7,9-11,13-15,18,26,28H,2-3,8,12H2,1H3/t18-,23-/m0/s1. The Bertz CT molecular complexity index is 1130. The van der Waals surface area contributed by atoms with Crippen LogP contribution >= 0.6 is 0 Å². The molecule has 0 amide bonds. The number of imidazole rings is 1. The molecule has 1 aliphatic rings. The van der Waals surface area contributed by atoms with Crippen molar-refractivity contribution >= 4 is 11.3 Å². The summed E-state index contributed by atoms with van der Waals surface area (Å²) in [6.07, 6.45) is 12.9. The highest BCUT2D eigenvalue weighted by molar-refractivity contribution is 5.70. The third kappa shape index (κ3) is 3.63. The van der Waals surface area contributed by atoms with Gasteiger partial charge in [-0.05, 0) is 62.9 Å². The van der Waals surface area contributed by atoms with Gasteiger partial charge in [-0.25, -0.2) is 4.98 Å². The lowest BCUT2D eigenvalue weighted by atomic mass is 9.83. The molecule has 5 rings (SSSR count). The third-order valence-corrected chi connectivity index (χ3v) is 5.70.